The summed E-state index contributed by atoms with van der Waals surface area (Å²) in [7, 11) is 0. The molecule has 3 aromatic rings. The van der Waals surface area contributed by atoms with Gasteiger partial charge in [-0.3, -0.25) is 15.2 Å². The van der Waals surface area contributed by atoms with Gasteiger partial charge in [0.05, 0.1) is 5.39 Å². The molecule has 1 aromatic heterocycles. The van der Waals surface area contributed by atoms with Gasteiger partial charge in [-0.15, -0.1) is 5.23 Å². The molecule has 0 aliphatic rings. The van der Waals surface area contributed by atoms with Crippen LogP contribution in [-0.2, 0) is 0 Å². The largest absolute Gasteiger partial charge is 0.453 e. The van der Waals surface area contributed by atoms with Gasteiger partial charge in [0.15, 0.2) is 11.4 Å². The van der Waals surface area contributed by atoms with Gasteiger partial charge in [0.25, 0.3) is 0 Å². The lowest BCUT2D eigenvalue weighted by Gasteiger charge is -2.13. The van der Waals surface area contributed by atoms with E-state index in [0.29, 0.717) is 11.1 Å². The van der Waals surface area contributed by atoms with Crippen molar-refractivity contribution in [1.82, 2.24) is 0 Å². The van der Waals surface area contributed by atoms with Crippen LogP contribution in [0.15, 0.2) is 63.8 Å². The van der Waals surface area contributed by atoms with Crippen LogP contribution in [0, 0.1) is 0 Å². The Kier molecular flexibility index (Phi) is 2.98. The topological polar surface area (TPSA) is 73.9 Å². The molecule has 5 nitrogen and oxygen atoms in total. The van der Waals surface area contributed by atoms with E-state index in [1.807, 2.05) is 6.07 Å². The van der Waals surface area contributed by atoms with Crippen LogP contribution >= 0.6 is 0 Å². The minimum Gasteiger partial charge on any atom is -0.453 e. The smallest absolute Gasteiger partial charge is 0.221 e. The molecular formula is C15H11NO4. The van der Waals surface area contributed by atoms with Gasteiger partial charge in [0.1, 0.15) is 5.58 Å². The highest BCUT2D eigenvalue weighted by Crippen LogP contribution is 2.30. The summed E-state index contributed by atoms with van der Waals surface area (Å²) in [5, 5.41) is 18.8. The van der Waals surface area contributed by atoms with Crippen molar-refractivity contribution >= 4 is 16.7 Å². The first kappa shape index (κ1) is 12.4. The Labute approximate surface area is 113 Å². The molecule has 0 bridgehead atoms. The van der Waals surface area contributed by atoms with Gasteiger partial charge in [-0.1, -0.05) is 42.5 Å². The van der Waals surface area contributed by atoms with Crippen LogP contribution in [0.2, 0.25) is 0 Å². The average Bonchev–Trinajstić information content (AvgIpc) is 2.47. The van der Waals surface area contributed by atoms with Crippen molar-refractivity contribution in [3.63, 3.8) is 0 Å². The van der Waals surface area contributed by atoms with Crippen LogP contribution in [0.4, 0.5) is 5.69 Å². The second kappa shape index (κ2) is 4.80. The quantitative estimate of drug-likeness (QED) is 0.699. The Hall–Kier alpha value is -2.63. The summed E-state index contributed by atoms with van der Waals surface area (Å²) in [4.78, 5) is 12.3. The fourth-order valence-electron chi connectivity index (χ4n) is 2.10. The van der Waals surface area contributed by atoms with E-state index in [-0.39, 0.29) is 22.1 Å². The van der Waals surface area contributed by atoms with E-state index in [0.717, 1.165) is 0 Å². The molecule has 0 aliphatic heterocycles. The number of hydrogen-bond donors (Lipinski definition) is 2. The van der Waals surface area contributed by atoms with Crippen LogP contribution in [0.1, 0.15) is 0 Å². The Morgan fingerprint density at radius 2 is 1.55 bits per heavy atom. The molecule has 0 saturated carbocycles. The molecule has 2 N–H and O–H groups in total. The lowest BCUT2D eigenvalue weighted by atomic mass is 10.1. The highest BCUT2D eigenvalue weighted by molar-refractivity contribution is 5.85. The molecule has 0 unspecified atom stereocenters. The number of nitrogens with zero attached hydrogens (tertiary/aromatic N) is 1. The second-order valence-corrected chi connectivity index (χ2v) is 4.26. The van der Waals surface area contributed by atoms with Crippen LogP contribution in [-0.4, -0.2) is 10.4 Å². The van der Waals surface area contributed by atoms with Crippen LogP contribution in [0.5, 0.6) is 0 Å². The molecular weight excluding hydrogens is 258 g/mol. The van der Waals surface area contributed by atoms with E-state index >= 15 is 0 Å². The Morgan fingerprint density at radius 1 is 0.900 bits per heavy atom. The van der Waals surface area contributed by atoms with Crippen molar-refractivity contribution in [2.75, 3.05) is 5.23 Å². The standard InChI is InChI=1S/C15H11NO4/c17-14-11-8-4-5-9-12(11)20-15(13(14)16(18)19)10-6-2-1-3-7-10/h1-9,18-19H. The second-order valence-electron chi connectivity index (χ2n) is 4.26. The van der Waals surface area contributed by atoms with Crippen molar-refractivity contribution in [1.29, 1.82) is 0 Å². The molecule has 1 heterocycles. The Morgan fingerprint density at radius 3 is 2.25 bits per heavy atom. The third-order valence-electron chi connectivity index (χ3n) is 3.01. The summed E-state index contributed by atoms with van der Waals surface area (Å²) in [6.45, 7) is 0. The zero-order valence-corrected chi connectivity index (χ0v) is 10.4. The maximum atomic E-state index is 12.3. The van der Waals surface area contributed by atoms with Gasteiger partial charge < -0.3 is 4.42 Å². The van der Waals surface area contributed by atoms with Gasteiger partial charge >= 0.3 is 0 Å². The monoisotopic (exact) mass is 269 g/mol. The van der Waals surface area contributed by atoms with Gasteiger partial charge in [-0.05, 0) is 12.1 Å². The molecule has 0 atom stereocenters. The lowest BCUT2D eigenvalue weighted by molar-refractivity contribution is 0.0283. The van der Waals surface area contributed by atoms with Crippen LogP contribution in [0.3, 0.4) is 0 Å². The molecule has 3 rings (SSSR count). The van der Waals surface area contributed by atoms with E-state index in [4.69, 9.17) is 4.42 Å². The summed E-state index contributed by atoms with van der Waals surface area (Å²) in [6.07, 6.45) is 0. The van der Waals surface area contributed by atoms with Crippen LogP contribution in [0.25, 0.3) is 22.3 Å². The van der Waals surface area contributed by atoms with E-state index < -0.39 is 5.43 Å². The zero-order chi connectivity index (χ0) is 14.1. The van der Waals surface area contributed by atoms with Gasteiger partial charge in [-0.25, -0.2) is 0 Å². The van der Waals surface area contributed by atoms with Gasteiger partial charge in [0, 0.05) is 5.56 Å². The SMILES string of the molecule is O=c1c(N(O)O)c(-c2ccccc2)oc2ccccc12. The van der Waals surface area contributed by atoms with Crippen molar-refractivity contribution < 1.29 is 14.8 Å². The molecule has 100 valence electrons. The van der Waals surface area contributed by atoms with Crippen molar-refractivity contribution in [3.8, 4) is 11.3 Å². The lowest BCUT2D eigenvalue weighted by Crippen LogP contribution is -2.21. The number of fused-ring (bicyclic) bond motifs is 1. The first-order valence-electron chi connectivity index (χ1n) is 5.97. The Balaban J connectivity index is 2.42. The predicted molar refractivity (Wildman–Crippen MR) is 74.0 cm³/mol. The summed E-state index contributed by atoms with van der Waals surface area (Å²) < 4.78 is 5.66. The summed E-state index contributed by atoms with van der Waals surface area (Å²) in [5.74, 6) is 0.110. The first-order chi connectivity index (χ1) is 9.68. The number of anilines is 1. The zero-order valence-electron chi connectivity index (χ0n) is 10.4. The summed E-state index contributed by atoms with van der Waals surface area (Å²) >= 11 is 0. The third kappa shape index (κ3) is 1.95. The van der Waals surface area contributed by atoms with Gasteiger partial charge in [-0.2, -0.15) is 0 Å². The molecule has 5 heteroatoms. The molecule has 0 spiro atoms. The van der Waals surface area contributed by atoms with Gasteiger partial charge in [0.2, 0.25) is 5.43 Å². The molecule has 0 aliphatic carbocycles. The highest BCUT2D eigenvalue weighted by Gasteiger charge is 2.19. The minimum absolute atomic E-state index is 0.110. The first-order valence-corrected chi connectivity index (χ1v) is 5.97. The predicted octanol–water partition coefficient (Wildman–Crippen LogP) is 3.04. The Bertz CT molecular complexity index is 809. The normalized spacial score (nSPS) is 10.7. The van der Waals surface area contributed by atoms with Crippen molar-refractivity contribution in [2.45, 2.75) is 0 Å². The number of benzene rings is 2. The van der Waals surface area contributed by atoms with E-state index in [1.165, 1.54) is 0 Å². The van der Waals surface area contributed by atoms with Crippen LogP contribution < -0.4 is 10.7 Å². The molecule has 20 heavy (non-hydrogen) atoms. The fourth-order valence-corrected chi connectivity index (χ4v) is 2.10. The fraction of sp³-hybridized carbons (Fsp3) is 0. The maximum absolute atomic E-state index is 12.3. The molecule has 0 fully saturated rings. The maximum Gasteiger partial charge on any atom is 0.221 e. The van der Waals surface area contributed by atoms with E-state index in [1.54, 1.807) is 48.5 Å². The number of rotatable bonds is 2. The van der Waals surface area contributed by atoms with E-state index in [9.17, 15) is 15.2 Å². The minimum atomic E-state index is -0.504. The summed E-state index contributed by atoms with van der Waals surface area (Å²) in [6, 6.07) is 15.5. The molecule has 0 saturated heterocycles. The molecule has 2 aromatic carbocycles. The van der Waals surface area contributed by atoms with E-state index in [2.05, 4.69) is 0 Å². The average molecular weight is 269 g/mol. The highest BCUT2D eigenvalue weighted by atomic mass is 16.8. The van der Waals surface area contributed by atoms with Crippen molar-refractivity contribution in [2.24, 2.45) is 0 Å². The number of para-hydroxylation sites is 1. The molecule has 0 radical (unpaired) electrons. The van der Waals surface area contributed by atoms with Crippen molar-refractivity contribution in [3.05, 3.63) is 64.8 Å². The summed E-state index contributed by atoms with van der Waals surface area (Å²) in [5.41, 5.74) is 0.158. The molecule has 0 amide bonds. The third-order valence-corrected chi connectivity index (χ3v) is 3.01. The number of hydrogen-bond acceptors (Lipinski definition) is 5.